The van der Waals surface area contributed by atoms with Crippen LogP contribution in [0.1, 0.15) is 56.7 Å². The summed E-state index contributed by atoms with van der Waals surface area (Å²) in [6.07, 6.45) is 4.54. The zero-order chi connectivity index (χ0) is 22.4. The van der Waals surface area contributed by atoms with Gasteiger partial charge in [-0.25, -0.2) is 0 Å². The first-order valence-corrected chi connectivity index (χ1v) is 11.4. The van der Waals surface area contributed by atoms with Crippen molar-refractivity contribution in [3.8, 4) is 0 Å². The van der Waals surface area contributed by atoms with Gasteiger partial charge in [0.1, 0.15) is 11.4 Å². The van der Waals surface area contributed by atoms with E-state index >= 15 is 0 Å². The molecular formula is C26H35N3O2. The third kappa shape index (κ3) is 3.79. The fourth-order valence-corrected chi connectivity index (χ4v) is 5.47. The van der Waals surface area contributed by atoms with Crippen LogP contribution < -0.4 is 4.90 Å². The molecule has 31 heavy (non-hydrogen) atoms. The Kier molecular flexibility index (Phi) is 5.69. The summed E-state index contributed by atoms with van der Waals surface area (Å²) in [5.74, 6) is 0.782. The second-order valence-electron chi connectivity index (χ2n) is 10.2. The highest BCUT2D eigenvalue weighted by atomic mass is 16.3. The lowest BCUT2D eigenvalue weighted by molar-refractivity contribution is -0.127. The first-order chi connectivity index (χ1) is 14.6. The number of benzene rings is 1. The Morgan fingerprint density at radius 2 is 1.87 bits per heavy atom. The Hall–Kier alpha value is -2.24. The minimum atomic E-state index is -1.14. The molecular weight excluding hydrogens is 386 g/mol. The van der Waals surface area contributed by atoms with Gasteiger partial charge in [-0.2, -0.15) is 0 Å². The number of rotatable bonds is 6. The predicted molar refractivity (Wildman–Crippen MR) is 124 cm³/mol. The zero-order valence-electron chi connectivity index (χ0n) is 19.4. The average molecular weight is 422 g/mol. The van der Waals surface area contributed by atoms with E-state index in [-0.39, 0.29) is 17.1 Å². The summed E-state index contributed by atoms with van der Waals surface area (Å²) in [4.78, 5) is 20.8. The largest absolute Gasteiger partial charge is 0.380 e. The van der Waals surface area contributed by atoms with Crippen molar-refractivity contribution in [2.45, 2.75) is 45.6 Å². The number of hydrogen-bond donors (Lipinski definition) is 1. The molecule has 1 aromatic heterocycles. The van der Waals surface area contributed by atoms with Crippen molar-refractivity contribution in [1.82, 2.24) is 9.88 Å². The molecule has 2 aromatic rings. The van der Waals surface area contributed by atoms with Gasteiger partial charge >= 0.3 is 0 Å². The van der Waals surface area contributed by atoms with E-state index in [0.29, 0.717) is 5.92 Å². The molecule has 1 N–H and O–H groups in total. The molecule has 2 aliphatic heterocycles. The van der Waals surface area contributed by atoms with E-state index in [1.165, 1.54) is 5.56 Å². The molecule has 3 heterocycles. The van der Waals surface area contributed by atoms with Crippen LogP contribution in [0, 0.1) is 11.3 Å². The molecule has 0 spiro atoms. The van der Waals surface area contributed by atoms with E-state index in [4.69, 9.17) is 0 Å². The molecule has 166 valence electrons. The van der Waals surface area contributed by atoms with E-state index in [0.717, 1.165) is 49.4 Å². The van der Waals surface area contributed by atoms with Crippen LogP contribution in [0.25, 0.3) is 0 Å². The summed E-state index contributed by atoms with van der Waals surface area (Å²) in [5, 5.41) is 12.3. The van der Waals surface area contributed by atoms with Crippen molar-refractivity contribution >= 4 is 11.5 Å². The monoisotopic (exact) mass is 421 g/mol. The lowest BCUT2D eigenvalue weighted by atomic mass is 9.62. The van der Waals surface area contributed by atoms with Crippen molar-refractivity contribution in [3.05, 3.63) is 59.4 Å². The zero-order valence-corrected chi connectivity index (χ0v) is 19.4. The number of anilines is 1. The number of hydrogen-bond acceptors (Lipinski definition) is 5. The fourth-order valence-electron chi connectivity index (χ4n) is 5.47. The van der Waals surface area contributed by atoms with Gasteiger partial charge in [-0.05, 0) is 43.5 Å². The number of carbonyl (C=O) groups excluding carboxylic acids is 1. The van der Waals surface area contributed by atoms with Crippen LogP contribution in [0.4, 0.5) is 5.69 Å². The van der Waals surface area contributed by atoms with E-state index in [9.17, 15) is 9.90 Å². The number of aliphatic hydroxyl groups is 1. The third-order valence-corrected chi connectivity index (χ3v) is 7.38. The number of Topliss-reactive ketones (excluding diaryl/α,β-unsaturated/α-hetero) is 1. The maximum atomic E-state index is 12.3. The third-order valence-electron chi connectivity index (χ3n) is 7.38. The van der Waals surface area contributed by atoms with E-state index in [2.05, 4.69) is 72.9 Å². The van der Waals surface area contributed by atoms with Gasteiger partial charge in [0.2, 0.25) is 0 Å². The van der Waals surface area contributed by atoms with Crippen LogP contribution in [0.5, 0.6) is 0 Å². The van der Waals surface area contributed by atoms with Gasteiger partial charge in [0.05, 0.1) is 11.9 Å². The second kappa shape index (κ2) is 8.03. The summed E-state index contributed by atoms with van der Waals surface area (Å²) < 4.78 is 0. The van der Waals surface area contributed by atoms with E-state index in [1.807, 2.05) is 12.4 Å². The Balaban J connectivity index is 1.74. The normalized spacial score (nSPS) is 22.9. The van der Waals surface area contributed by atoms with Crippen molar-refractivity contribution < 1.29 is 9.90 Å². The molecule has 0 bridgehead atoms. The molecule has 2 unspecified atom stereocenters. The van der Waals surface area contributed by atoms with Crippen molar-refractivity contribution in [3.63, 3.8) is 0 Å². The van der Waals surface area contributed by atoms with Gasteiger partial charge in [-0.1, -0.05) is 45.0 Å². The molecule has 2 atom stereocenters. The highest BCUT2D eigenvalue weighted by Crippen LogP contribution is 2.50. The number of carbonyl (C=O) groups is 1. The van der Waals surface area contributed by atoms with Crippen LogP contribution in [0.15, 0.2) is 42.7 Å². The summed E-state index contributed by atoms with van der Waals surface area (Å²) in [5.41, 5.74) is 2.53. The summed E-state index contributed by atoms with van der Waals surface area (Å²) in [6, 6.07) is 10.5. The molecule has 5 heteroatoms. The number of ketones is 1. The highest BCUT2D eigenvalue weighted by molar-refractivity contribution is 5.79. The molecule has 0 saturated carbocycles. The quantitative estimate of drug-likeness (QED) is 0.769. The first kappa shape index (κ1) is 22.0. The average Bonchev–Trinajstić information content (AvgIpc) is 3.23. The number of pyridine rings is 1. The van der Waals surface area contributed by atoms with E-state index < -0.39 is 5.60 Å². The Morgan fingerprint density at radius 1 is 1.19 bits per heavy atom. The first-order valence-electron chi connectivity index (χ1n) is 11.4. The lowest BCUT2D eigenvalue weighted by Gasteiger charge is -2.56. The van der Waals surface area contributed by atoms with Gasteiger partial charge in [0, 0.05) is 49.3 Å². The van der Waals surface area contributed by atoms with Gasteiger partial charge in [-0.15, -0.1) is 0 Å². The fraction of sp³-hybridized carbons (Fsp3) is 0.538. The van der Waals surface area contributed by atoms with Crippen LogP contribution in [0.2, 0.25) is 0 Å². The smallest absolute Gasteiger partial charge is 0.134 e. The maximum absolute atomic E-state index is 12.3. The molecule has 2 aliphatic rings. The van der Waals surface area contributed by atoms with E-state index in [1.54, 1.807) is 6.92 Å². The molecule has 0 amide bonds. The summed E-state index contributed by atoms with van der Waals surface area (Å²) in [6.45, 7) is 11.4. The van der Waals surface area contributed by atoms with Crippen LogP contribution >= 0.6 is 0 Å². The molecule has 0 aliphatic carbocycles. The lowest BCUT2D eigenvalue weighted by Crippen LogP contribution is -2.63. The Labute approximate surface area is 186 Å². The van der Waals surface area contributed by atoms with Gasteiger partial charge in [-0.3, -0.25) is 9.78 Å². The van der Waals surface area contributed by atoms with Crippen molar-refractivity contribution in [2.75, 3.05) is 38.1 Å². The van der Waals surface area contributed by atoms with Crippen molar-refractivity contribution in [1.29, 1.82) is 0 Å². The minimum Gasteiger partial charge on any atom is -0.380 e. The molecule has 5 nitrogen and oxygen atoms in total. The van der Waals surface area contributed by atoms with Crippen molar-refractivity contribution in [2.24, 2.45) is 11.3 Å². The number of nitrogens with zero attached hydrogens (tertiary/aromatic N) is 3. The maximum Gasteiger partial charge on any atom is 0.134 e. The Bertz CT molecular complexity index is 949. The van der Waals surface area contributed by atoms with Gasteiger partial charge in [0.25, 0.3) is 0 Å². The molecule has 2 fully saturated rings. The second-order valence-corrected chi connectivity index (χ2v) is 10.2. The predicted octanol–water partition coefficient (Wildman–Crippen LogP) is 3.81. The van der Waals surface area contributed by atoms with Gasteiger partial charge in [0.15, 0.2) is 0 Å². The summed E-state index contributed by atoms with van der Waals surface area (Å²) >= 11 is 0. The molecule has 1 aromatic carbocycles. The molecule has 2 saturated heterocycles. The standard InChI is InChI=1S/C26H35N3O2/c1-18(2)20-6-8-22(9-7-20)26(31,25(4)16-28(5)17-25)23-12-24(14-27-13-23)29-11-10-21(15-29)19(3)30/h6-9,12-14,18,21,31H,10-11,15-17H2,1-5H3. The number of aromatic nitrogens is 1. The van der Waals surface area contributed by atoms with Crippen LogP contribution in [0.3, 0.4) is 0 Å². The minimum absolute atomic E-state index is 0.0870. The molecule has 4 rings (SSSR count). The van der Waals surface area contributed by atoms with Gasteiger partial charge < -0.3 is 14.9 Å². The summed E-state index contributed by atoms with van der Waals surface area (Å²) in [7, 11) is 2.09. The van der Waals surface area contributed by atoms with Crippen LogP contribution in [-0.2, 0) is 10.4 Å². The highest BCUT2D eigenvalue weighted by Gasteiger charge is 2.55. The van der Waals surface area contributed by atoms with Crippen LogP contribution in [-0.4, -0.2) is 54.0 Å². The number of likely N-dealkylation sites (tertiary alicyclic amines) is 1. The SMILES string of the molecule is CC(=O)C1CCN(c2cncc(C(O)(c3ccc(C(C)C)cc3)C3(C)CN(C)C3)c2)C1. The molecule has 0 radical (unpaired) electrons. The Morgan fingerprint density at radius 3 is 2.42 bits per heavy atom. The topological polar surface area (TPSA) is 56.7 Å².